The van der Waals surface area contributed by atoms with Crippen LogP contribution < -0.4 is 5.32 Å². The molecule has 1 saturated heterocycles. The first-order valence-electron chi connectivity index (χ1n) is 11.4. The lowest BCUT2D eigenvalue weighted by atomic mass is 9.87. The molecule has 1 fully saturated rings. The fourth-order valence-electron chi connectivity index (χ4n) is 4.95. The van der Waals surface area contributed by atoms with Crippen LogP contribution in [0.4, 0.5) is 0 Å². The molecule has 3 aromatic rings. The van der Waals surface area contributed by atoms with E-state index in [2.05, 4.69) is 23.3 Å². The zero-order chi connectivity index (χ0) is 21.4. The number of fused-ring (bicyclic) bond motifs is 3. The summed E-state index contributed by atoms with van der Waals surface area (Å²) < 4.78 is 0. The average molecular weight is 416 g/mol. The fraction of sp³-hybridized carbons (Fsp3) is 0.385. The van der Waals surface area contributed by atoms with E-state index in [1.54, 1.807) is 0 Å². The van der Waals surface area contributed by atoms with E-state index >= 15 is 0 Å². The van der Waals surface area contributed by atoms with Crippen LogP contribution >= 0.6 is 0 Å². The highest BCUT2D eigenvalue weighted by molar-refractivity contribution is 6.06. The number of benzene rings is 2. The molecule has 31 heavy (non-hydrogen) atoms. The summed E-state index contributed by atoms with van der Waals surface area (Å²) in [6.45, 7) is 4.43. The van der Waals surface area contributed by atoms with Crippen molar-refractivity contribution >= 4 is 22.7 Å². The zero-order valence-electron chi connectivity index (χ0n) is 18.0. The van der Waals surface area contributed by atoms with Crippen LogP contribution in [0.1, 0.15) is 63.7 Å². The van der Waals surface area contributed by atoms with Gasteiger partial charge in [-0.1, -0.05) is 31.2 Å². The van der Waals surface area contributed by atoms with Gasteiger partial charge in [0, 0.05) is 36.3 Å². The number of aryl methyl sites for hydroxylation is 1. The van der Waals surface area contributed by atoms with Gasteiger partial charge in [0.15, 0.2) is 0 Å². The summed E-state index contributed by atoms with van der Waals surface area (Å²) in [7, 11) is 0. The number of aromatic nitrogens is 1. The third kappa shape index (κ3) is 3.85. The maximum absolute atomic E-state index is 13.0. The molecule has 2 aliphatic rings. The second-order valence-corrected chi connectivity index (χ2v) is 9.04. The fourth-order valence-corrected chi connectivity index (χ4v) is 4.95. The number of carbonyl (C=O) groups is 2. The van der Waals surface area contributed by atoms with E-state index in [1.807, 2.05) is 41.3 Å². The van der Waals surface area contributed by atoms with E-state index in [4.69, 9.17) is 0 Å². The maximum Gasteiger partial charge on any atom is 0.253 e. The van der Waals surface area contributed by atoms with E-state index in [0.29, 0.717) is 23.6 Å². The van der Waals surface area contributed by atoms with Crippen LogP contribution in [0.3, 0.4) is 0 Å². The number of hydrogen-bond acceptors (Lipinski definition) is 2. The van der Waals surface area contributed by atoms with Gasteiger partial charge in [0.2, 0.25) is 0 Å². The molecular weight excluding hydrogens is 386 g/mol. The molecule has 1 aromatic heterocycles. The van der Waals surface area contributed by atoms with E-state index in [1.165, 1.54) is 23.1 Å². The van der Waals surface area contributed by atoms with Crippen molar-refractivity contribution in [3.05, 3.63) is 70.4 Å². The lowest BCUT2D eigenvalue weighted by Crippen LogP contribution is -2.27. The Bertz CT molecular complexity index is 1120. The highest BCUT2D eigenvalue weighted by Crippen LogP contribution is 2.33. The summed E-state index contributed by atoms with van der Waals surface area (Å²) in [5, 5.41) is 4.23. The molecule has 2 amide bonds. The smallest absolute Gasteiger partial charge is 0.253 e. The molecule has 5 rings (SSSR count). The second-order valence-electron chi connectivity index (χ2n) is 9.04. The van der Waals surface area contributed by atoms with Crippen LogP contribution in [0.15, 0.2) is 42.5 Å². The third-order valence-electron chi connectivity index (χ3n) is 6.76. The first-order chi connectivity index (χ1) is 15.1. The van der Waals surface area contributed by atoms with Crippen molar-refractivity contribution in [1.82, 2.24) is 15.2 Å². The number of para-hydroxylation sites is 1. The Morgan fingerprint density at radius 3 is 2.65 bits per heavy atom. The Kier molecular flexibility index (Phi) is 5.26. The molecule has 1 aliphatic carbocycles. The van der Waals surface area contributed by atoms with Gasteiger partial charge in [0.25, 0.3) is 11.8 Å². The zero-order valence-corrected chi connectivity index (χ0v) is 18.0. The van der Waals surface area contributed by atoms with Gasteiger partial charge in [-0.3, -0.25) is 9.59 Å². The monoisotopic (exact) mass is 415 g/mol. The summed E-state index contributed by atoms with van der Waals surface area (Å²) in [5.41, 5.74) is 6.00. The normalized spacial score (nSPS) is 18.2. The SMILES string of the molecule is CC1CCc2[nH]c3c(C(=O)NCc4ccc(C(=O)N5CCCC5)cc4)cccc3c2C1. The predicted octanol–water partition coefficient (Wildman–Crippen LogP) is 4.46. The molecule has 0 saturated carbocycles. The number of aromatic amines is 1. The molecule has 1 aliphatic heterocycles. The number of hydrogen-bond donors (Lipinski definition) is 2. The Labute approximate surface area is 182 Å². The minimum absolute atomic E-state index is 0.0746. The van der Waals surface area contributed by atoms with Crippen LogP contribution in [0.25, 0.3) is 10.9 Å². The highest BCUT2D eigenvalue weighted by atomic mass is 16.2. The quantitative estimate of drug-likeness (QED) is 0.661. The maximum atomic E-state index is 13.0. The van der Waals surface area contributed by atoms with Crippen LogP contribution in [0.5, 0.6) is 0 Å². The van der Waals surface area contributed by atoms with E-state index in [-0.39, 0.29) is 11.8 Å². The van der Waals surface area contributed by atoms with Crippen LogP contribution in [-0.2, 0) is 19.4 Å². The lowest BCUT2D eigenvalue weighted by molar-refractivity contribution is 0.0792. The lowest BCUT2D eigenvalue weighted by Gasteiger charge is -2.17. The largest absolute Gasteiger partial charge is 0.358 e. The summed E-state index contributed by atoms with van der Waals surface area (Å²) >= 11 is 0. The number of carbonyl (C=O) groups excluding carboxylic acids is 2. The summed E-state index contributed by atoms with van der Waals surface area (Å²) in [5.74, 6) is 0.712. The first kappa shape index (κ1) is 19.9. The van der Waals surface area contributed by atoms with Gasteiger partial charge in [-0.2, -0.15) is 0 Å². The predicted molar refractivity (Wildman–Crippen MR) is 122 cm³/mol. The molecule has 2 heterocycles. The standard InChI is InChI=1S/C26H29N3O2/c1-17-7-12-23-22(15-17)20-5-4-6-21(24(20)28-23)25(30)27-16-18-8-10-19(11-9-18)26(31)29-13-2-3-14-29/h4-6,8-11,17,28H,2-3,7,12-16H2,1H3,(H,27,30). The van der Waals surface area contributed by atoms with E-state index in [0.717, 1.165) is 49.9 Å². The van der Waals surface area contributed by atoms with Crippen molar-refractivity contribution in [2.24, 2.45) is 5.92 Å². The minimum Gasteiger partial charge on any atom is -0.358 e. The van der Waals surface area contributed by atoms with Crippen molar-refractivity contribution in [3.63, 3.8) is 0 Å². The molecule has 5 nitrogen and oxygen atoms in total. The Morgan fingerprint density at radius 1 is 1.10 bits per heavy atom. The van der Waals surface area contributed by atoms with Gasteiger partial charge in [0.1, 0.15) is 0 Å². The molecule has 1 atom stereocenters. The molecule has 160 valence electrons. The van der Waals surface area contributed by atoms with Crippen molar-refractivity contribution < 1.29 is 9.59 Å². The van der Waals surface area contributed by atoms with Gasteiger partial charge in [-0.15, -0.1) is 0 Å². The molecular formula is C26H29N3O2. The Morgan fingerprint density at radius 2 is 1.87 bits per heavy atom. The van der Waals surface area contributed by atoms with E-state index < -0.39 is 0 Å². The third-order valence-corrected chi connectivity index (χ3v) is 6.76. The molecule has 0 radical (unpaired) electrons. The van der Waals surface area contributed by atoms with Gasteiger partial charge in [-0.05, 0) is 67.3 Å². The Hall–Kier alpha value is -3.08. The van der Waals surface area contributed by atoms with Crippen molar-refractivity contribution in [1.29, 1.82) is 0 Å². The summed E-state index contributed by atoms with van der Waals surface area (Å²) in [4.78, 5) is 30.9. The van der Waals surface area contributed by atoms with Gasteiger partial charge < -0.3 is 15.2 Å². The average Bonchev–Trinajstić information content (AvgIpc) is 3.45. The highest BCUT2D eigenvalue weighted by Gasteiger charge is 2.22. The van der Waals surface area contributed by atoms with Gasteiger partial charge in [-0.25, -0.2) is 0 Å². The second kappa shape index (κ2) is 8.22. The van der Waals surface area contributed by atoms with Gasteiger partial charge >= 0.3 is 0 Å². The van der Waals surface area contributed by atoms with Crippen LogP contribution in [-0.4, -0.2) is 34.8 Å². The first-order valence-corrected chi connectivity index (χ1v) is 11.4. The molecule has 2 N–H and O–H groups in total. The molecule has 0 bridgehead atoms. The number of rotatable bonds is 4. The number of amides is 2. The molecule has 2 aromatic carbocycles. The summed E-state index contributed by atoms with van der Waals surface area (Å²) in [6, 6.07) is 13.6. The van der Waals surface area contributed by atoms with Gasteiger partial charge in [0.05, 0.1) is 11.1 Å². The van der Waals surface area contributed by atoms with Crippen LogP contribution in [0.2, 0.25) is 0 Å². The van der Waals surface area contributed by atoms with Crippen molar-refractivity contribution in [3.8, 4) is 0 Å². The molecule has 1 unspecified atom stereocenters. The molecule has 0 spiro atoms. The topological polar surface area (TPSA) is 65.2 Å². The number of nitrogens with zero attached hydrogens (tertiary/aromatic N) is 1. The van der Waals surface area contributed by atoms with Crippen molar-refractivity contribution in [2.45, 2.75) is 45.6 Å². The minimum atomic E-state index is -0.0746. The number of nitrogens with one attached hydrogen (secondary N) is 2. The Balaban J connectivity index is 1.29. The van der Waals surface area contributed by atoms with Crippen LogP contribution in [0, 0.1) is 5.92 Å². The van der Waals surface area contributed by atoms with E-state index in [9.17, 15) is 9.59 Å². The van der Waals surface area contributed by atoms with Crippen molar-refractivity contribution in [2.75, 3.05) is 13.1 Å². The molecule has 5 heteroatoms. The number of likely N-dealkylation sites (tertiary alicyclic amines) is 1. The number of H-pyrrole nitrogens is 1. The summed E-state index contributed by atoms with van der Waals surface area (Å²) in [6.07, 6.45) is 5.49.